The van der Waals surface area contributed by atoms with Crippen molar-refractivity contribution in [3.63, 3.8) is 0 Å². The van der Waals surface area contributed by atoms with Gasteiger partial charge in [0.25, 0.3) is 0 Å². The Balaban J connectivity index is 2.12. The summed E-state index contributed by atoms with van der Waals surface area (Å²) in [7, 11) is 0. The molecular formula is C23H30O2. The summed E-state index contributed by atoms with van der Waals surface area (Å²) in [5.74, 6) is -0.131. The quantitative estimate of drug-likeness (QED) is 0.598. The Bertz CT molecular complexity index is 634. The van der Waals surface area contributed by atoms with Crippen LogP contribution in [0.1, 0.15) is 50.7 Å². The zero-order valence-corrected chi connectivity index (χ0v) is 15.4. The van der Waals surface area contributed by atoms with E-state index in [9.17, 15) is 9.90 Å². The average molecular weight is 338 g/mol. The van der Waals surface area contributed by atoms with Crippen molar-refractivity contribution in [3.8, 4) is 0 Å². The van der Waals surface area contributed by atoms with E-state index in [-0.39, 0.29) is 0 Å². The van der Waals surface area contributed by atoms with E-state index in [0.717, 1.165) is 37.7 Å². The fourth-order valence-electron chi connectivity index (χ4n) is 3.42. The Morgan fingerprint density at radius 3 is 2.00 bits per heavy atom. The molecule has 0 aliphatic heterocycles. The minimum atomic E-state index is -0.666. The Labute approximate surface area is 151 Å². The highest BCUT2D eigenvalue weighted by molar-refractivity contribution is 5.75. The zero-order chi connectivity index (χ0) is 18.1. The summed E-state index contributed by atoms with van der Waals surface area (Å²) in [4.78, 5) is 12.3. The topological polar surface area (TPSA) is 37.3 Å². The van der Waals surface area contributed by atoms with Crippen LogP contribution < -0.4 is 0 Å². The summed E-state index contributed by atoms with van der Waals surface area (Å²) in [6, 6.07) is 20.4. The molecule has 0 heterocycles. The third-order valence-electron chi connectivity index (χ3n) is 5.00. The van der Waals surface area contributed by atoms with Crippen molar-refractivity contribution in [2.75, 3.05) is 0 Å². The third-order valence-corrected chi connectivity index (χ3v) is 5.00. The molecule has 2 nitrogen and oxygen atoms in total. The van der Waals surface area contributed by atoms with Crippen LogP contribution in [0.25, 0.3) is 0 Å². The second-order valence-electron chi connectivity index (χ2n) is 7.52. The van der Waals surface area contributed by atoms with Gasteiger partial charge in [0.2, 0.25) is 0 Å². The molecule has 2 aromatic carbocycles. The molecule has 1 N–H and O–H groups in total. The molecule has 134 valence electrons. The summed E-state index contributed by atoms with van der Waals surface area (Å²) in [5.41, 5.74) is 1.74. The lowest BCUT2D eigenvalue weighted by atomic mass is 9.73. The Hall–Kier alpha value is -2.09. The van der Waals surface area contributed by atoms with Crippen LogP contribution in [0.2, 0.25) is 0 Å². The molecule has 0 spiro atoms. The summed E-state index contributed by atoms with van der Waals surface area (Å²) in [5, 5.41) is 10.1. The van der Waals surface area contributed by atoms with Gasteiger partial charge in [-0.3, -0.25) is 4.79 Å². The molecule has 0 aromatic heterocycles. The van der Waals surface area contributed by atoms with Gasteiger partial charge in [0.15, 0.2) is 0 Å². The summed E-state index contributed by atoms with van der Waals surface area (Å²) in [6.07, 6.45) is 4.87. The number of aliphatic carboxylic acids is 1. The second-order valence-corrected chi connectivity index (χ2v) is 7.52. The number of hydrogen-bond acceptors (Lipinski definition) is 1. The predicted octanol–water partition coefficient (Wildman–Crippen LogP) is 5.76. The van der Waals surface area contributed by atoms with E-state index in [1.807, 2.05) is 48.5 Å². The first-order chi connectivity index (χ1) is 12.0. The lowest BCUT2D eigenvalue weighted by molar-refractivity contribution is -0.150. The largest absolute Gasteiger partial charge is 0.481 e. The molecule has 0 amide bonds. The van der Waals surface area contributed by atoms with Crippen LogP contribution in [0.4, 0.5) is 0 Å². The molecule has 2 heteroatoms. The number of hydrogen-bond donors (Lipinski definition) is 1. The molecule has 2 rings (SSSR count). The molecule has 0 aliphatic carbocycles. The van der Waals surface area contributed by atoms with Gasteiger partial charge in [-0.1, -0.05) is 74.5 Å². The number of rotatable bonds is 10. The first-order valence-corrected chi connectivity index (χ1v) is 9.33. The molecule has 0 saturated heterocycles. The van der Waals surface area contributed by atoms with Gasteiger partial charge in [0, 0.05) is 0 Å². The fourth-order valence-corrected chi connectivity index (χ4v) is 3.42. The van der Waals surface area contributed by atoms with E-state index >= 15 is 0 Å². The van der Waals surface area contributed by atoms with Crippen molar-refractivity contribution < 1.29 is 9.90 Å². The van der Waals surface area contributed by atoms with Crippen molar-refractivity contribution in [3.05, 3.63) is 71.8 Å². The van der Waals surface area contributed by atoms with Crippen molar-refractivity contribution in [1.29, 1.82) is 0 Å². The molecule has 2 aromatic rings. The maximum Gasteiger partial charge on any atom is 0.309 e. The van der Waals surface area contributed by atoms with E-state index in [1.165, 1.54) is 5.56 Å². The van der Waals surface area contributed by atoms with Gasteiger partial charge in [-0.25, -0.2) is 0 Å². The zero-order valence-electron chi connectivity index (χ0n) is 15.4. The minimum Gasteiger partial charge on any atom is -0.481 e. The van der Waals surface area contributed by atoms with E-state index in [1.54, 1.807) is 0 Å². The molecule has 1 atom stereocenters. The van der Waals surface area contributed by atoms with Crippen LogP contribution in [-0.2, 0) is 17.6 Å². The highest BCUT2D eigenvalue weighted by Gasteiger charge is 2.37. The summed E-state index contributed by atoms with van der Waals surface area (Å²) in [6.45, 7) is 4.33. The Morgan fingerprint density at radius 2 is 1.48 bits per heavy atom. The first-order valence-electron chi connectivity index (χ1n) is 9.33. The smallest absolute Gasteiger partial charge is 0.309 e. The normalized spacial score (nSPS) is 13.6. The van der Waals surface area contributed by atoms with E-state index in [4.69, 9.17) is 0 Å². The van der Waals surface area contributed by atoms with Gasteiger partial charge in [-0.2, -0.15) is 0 Å². The van der Waals surface area contributed by atoms with Crippen molar-refractivity contribution in [2.45, 2.75) is 52.4 Å². The van der Waals surface area contributed by atoms with Gasteiger partial charge in [0.05, 0.1) is 5.41 Å². The van der Waals surface area contributed by atoms with Crippen molar-refractivity contribution >= 4 is 5.97 Å². The lowest BCUT2D eigenvalue weighted by Crippen LogP contribution is -2.34. The molecule has 0 radical (unpaired) electrons. The van der Waals surface area contributed by atoms with Gasteiger partial charge in [-0.05, 0) is 55.6 Å². The molecule has 0 saturated carbocycles. The van der Waals surface area contributed by atoms with Crippen LogP contribution in [-0.4, -0.2) is 11.1 Å². The SMILES string of the molecule is CC(C)CCC(CCCc1ccccc1)(Cc1ccccc1)C(=O)O. The van der Waals surface area contributed by atoms with Crippen LogP contribution in [0.5, 0.6) is 0 Å². The molecule has 0 aliphatic rings. The lowest BCUT2D eigenvalue weighted by Gasteiger charge is -2.30. The van der Waals surface area contributed by atoms with Crippen molar-refractivity contribution in [2.24, 2.45) is 11.3 Å². The van der Waals surface area contributed by atoms with Crippen LogP contribution in [0, 0.1) is 11.3 Å². The third kappa shape index (κ3) is 6.04. The van der Waals surface area contributed by atoms with Gasteiger partial charge >= 0.3 is 5.97 Å². The van der Waals surface area contributed by atoms with Gasteiger partial charge in [-0.15, -0.1) is 0 Å². The Kier molecular flexibility index (Phi) is 7.24. The minimum absolute atomic E-state index is 0.517. The van der Waals surface area contributed by atoms with Crippen LogP contribution in [0.15, 0.2) is 60.7 Å². The van der Waals surface area contributed by atoms with E-state index < -0.39 is 11.4 Å². The Morgan fingerprint density at radius 1 is 0.920 bits per heavy atom. The molecule has 1 unspecified atom stereocenters. The van der Waals surface area contributed by atoms with E-state index in [2.05, 4.69) is 26.0 Å². The number of benzene rings is 2. The molecular weight excluding hydrogens is 308 g/mol. The average Bonchev–Trinajstić information content (AvgIpc) is 2.61. The van der Waals surface area contributed by atoms with E-state index in [0.29, 0.717) is 12.3 Å². The monoisotopic (exact) mass is 338 g/mol. The molecule has 25 heavy (non-hydrogen) atoms. The number of carboxylic acids is 1. The fraction of sp³-hybridized carbons (Fsp3) is 0.435. The maximum atomic E-state index is 12.3. The first kappa shape index (κ1) is 19.2. The molecule has 0 fully saturated rings. The standard InChI is InChI=1S/C23H30O2/c1-19(2)15-17-23(22(24)25,18-21-12-7-4-8-13-21)16-9-14-20-10-5-3-6-11-20/h3-8,10-13,19H,9,14-18H2,1-2H3,(H,24,25). The number of carboxylic acid groups (broad SMARTS) is 1. The van der Waals surface area contributed by atoms with Crippen molar-refractivity contribution in [1.82, 2.24) is 0 Å². The number of carbonyl (C=O) groups is 1. The summed E-state index contributed by atoms with van der Waals surface area (Å²) >= 11 is 0. The highest BCUT2D eigenvalue weighted by atomic mass is 16.4. The second kappa shape index (κ2) is 9.41. The van der Waals surface area contributed by atoms with Gasteiger partial charge < -0.3 is 5.11 Å². The van der Waals surface area contributed by atoms with Crippen LogP contribution >= 0.6 is 0 Å². The summed E-state index contributed by atoms with van der Waals surface area (Å²) < 4.78 is 0. The molecule has 0 bridgehead atoms. The highest BCUT2D eigenvalue weighted by Crippen LogP contribution is 2.36. The maximum absolute atomic E-state index is 12.3. The van der Waals surface area contributed by atoms with Gasteiger partial charge in [0.1, 0.15) is 0 Å². The predicted molar refractivity (Wildman–Crippen MR) is 104 cm³/mol. The van der Waals surface area contributed by atoms with Crippen LogP contribution in [0.3, 0.4) is 0 Å². The number of aryl methyl sites for hydroxylation is 1.